The van der Waals surface area contributed by atoms with Gasteiger partial charge in [0.25, 0.3) is 0 Å². The molecule has 2 rings (SSSR count). The summed E-state index contributed by atoms with van der Waals surface area (Å²) < 4.78 is 24.0. The first-order chi connectivity index (χ1) is 7.88. The van der Waals surface area contributed by atoms with Gasteiger partial charge in [-0.15, -0.1) is 0 Å². The number of hydrogen-bond acceptors (Lipinski definition) is 4. The van der Waals surface area contributed by atoms with E-state index in [1.165, 1.54) is 17.1 Å². The van der Waals surface area contributed by atoms with E-state index in [0.717, 1.165) is 6.26 Å². The van der Waals surface area contributed by atoms with Crippen molar-refractivity contribution >= 4 is 27.1 Å². The van der Waals surface area contributed by atoms with E-state index in [4.69, 9.17) is 17.3 Å². The van der Waals surface area contributed by atoms with Gasteiger partial charge < -0.3 is 5.73 Å². The van der Waals surface area contributed by atoms with Gasteiger partial charge in [-0.25, -0.2) is 13.1 Å². The molecule has 0 amide bonds. The summed E-state index contributed by atoms with van der Waals surface area (Å²) in [5.74, 6) is 0. The van der Waals surface area contributed by atoms with Gasteiger partial charge in [-0.3, -0.25) is 0 Å². The highest BCUT2D eigenvalue weighted by atomic mass is 35.5. The molecule has 5 nitrogen and oxygen atoms in total. The van der Waals surface area contributed by atoms with Crippen LogP contribution in [0.25, 0.3) is 5.69 Å². The minimum Gasteiger partial charge on any atom is -0.397 e. The zero-order valence-corrected chi connectivity index (χ0v) is 10.5. The normalized spacial score (nSPS) is 11.6. The summed E-state index contributed by atoms with van der Waals surface area (Å²) in [6.07, 6.45) is 3.79. The van der Waals surface area contributed by atoms with Crippen LogP contribution < -0.4 is 5.73 Å². The first kappa shape index (κ1) is 11.9. The molecule has 0 aliphatic rings. The van der Waals surface area contributed by atoms with E-state index in [0.29, 0.717) is 16.4 Å². The minimum absolute atomic E-state index is 0.136. The molecule has 90 valence electrons. The van der Waals surface area contributed by atoms with E-state index in [1.54, 1.807) is 18.2 Å². The van der Waals surface area contributed by atoms with Crippen molar-refractivity contribution in [1.82, 2.24) is 9.78 Å². The van der Waals surface area contributed by atoms with Gasteiger partial charge in [-0.2, -0.15) is 5.10 Å². The molecule has 0 aliphatic heterocycles. The van der Waals surface area contributed by atoms with Crippen molar-refractivity contribution < 1.29 is 8.42 Å². The summed E-state index contributed by atoms with van der Waals surface area (Å²) in [6, 6.07) is 4.91. The maximum absolute atomic E-state index is 11.3. The second kappa shape index (κ2) is 4.05. The largest absolute Gasteiger partial charge is 0.397 e. The smallest absolute Gasteiger partial charge is 0.178 e. The molecule has 0 saturated heterocycles. The van der Waals surface area contributed by atoms with Gasteiger partial charge in [0.15, 0.2) is 9.84 Å². The highest BCUT2D eigenvalue weighted by Crippen LogP contribution is 2.22. The van der Waals surface area contributed by atoms with Gasteiger partial charge in [0, 0.05) is 17.5 Å². The summed E-state index contributed by atoms with van der Waals surface area (Å²) in [6.45, 7) is 0. The Morgan fingerprint density at radius 2 is 2.12 bits per heavy atom. The van der Waals surface area contributed by atoms with E-state index in [1.807, 2.05) is 0 Å². The van der Waals surface area contributed by atoms with Crippen LogP contribution in [0, 0.1) is 0 Å². The van der Waals surface area contributed by atoms with Crippen LogP contribution in [0.1, 0.15) is 0 Å². The summed E-state index contributed by atoms with van der Waals surface area (Å²) in [4.78, 5) is 0.136. The average Bonchev–Trinajstić information content (AvgIpc) is 2.70. The Morgan fingerprint density at radius 1 is 1.41 bits per heavy atom. The number of nitrogens with two attached hydrogens (primary N) is 1. The van der Waals surface area contributed by atoms with E-state index in [-0.39, 0.29) is 4.90 Å². The summed E-state index contributed by atoms with van der Waals surface area (Å²) in [7, 11) is -3.27. The van der Waals surface area contributed by atoms with Crippen molar-refractivity contribution in [2.75, 3.05) is 12.0 Å². The van der Waals surface area contributed by atoms with Crippen LogP contribution in [-0.2, 0) is 9.84 Å². The topological polar surface area (TPSA) is 78.0 Å². The highest BCUT2D eigenvalue weighted by Gasteiger charge is 2.12. The molecule has 7 heteroatoms. The van der Waals surface area contributed by atoms with Crippen molar-refractivity contribution in [3.63, 3.8) is 0 Å². The Hall–Kier alpha value is -1.53. The lowest BCUT2D eigenvalue weighted by molar-refractivity contribution is 0.602. The van der Waals surface area contributed by atoms with Crippen LogP contribution in [0.5, 0.6) is 0 Å². The lowest BCUT2D eigenvalue weighted by atomic mass is 10.3. The Kier molecular flexibility index (Phi) is 2.84. The van der Waals surface area contributed by atoms with Crippen LogP contribution in [0.3, 0.4) is 0 Å². The van der Waals surface area contributed by atoms with Crippen LogP contribution in [0.2, 0.25) is 5.02 Å². The summed E-state index contributed by atoms with van der Waals surface area (Å²) >= 11 is 5.85. The molecule has 0 bridgehead atoms. The van der Waals surface area contributed by atoms with Gasteiger partial charge in [0.1, 0.15) is 4.90 Å². The van der Waals surface area contributed by atoms with Crippen molar-refractivity contribution in [1.29, 1.82) is 0 Å². The van der Waals surface area contributed by atoms with Crippen LogP contribution >= 0.6 is 11.6 Å². The number of halogens is 1. The maximum Gasteiger partial charge on any atom is 0.178 e. The summed E-state index contributed by atoms with van der Waals surface area (Å²) in [5.41, 5.74) is 6.79. The van der Waals surface area contributed by atoms with Gasteiger partial charge in [-0.05, 0) is 18.2 Å². The third-order valence-corrected chi connectivity index (χ3v) is 3.53. The molecule has 0 fully saturated rings. The van der Waals surface area contributed by atoms with E-state index >= 15 is 0 Å². The second-order valence-corrected chi connectivity index (χ2v) is 6.05. The fraction of sp³-hybridized carbons (Fsp3) is 0.100. The zero-order chi connectivity index (χ0) is 12.6. The first-order valence-corrected chi connectivity index (χ1v) is 6.95. The second-order valence-electron chi connectivity index (χ2n) is 3.60. The average molecular weight is 272 g/mol. The first-order valence-electron chi connectivity index (χ1n) is 4.68. The fourth-order valence-corrected chi connectivity index (χ4v) is 2.04. The number of benzene rings is 1. The molecule has 2 N–H and O–H groups in total. The van der Waals surface area contributed by atoms with E-state index in [2.05, 4.69) is 5.10 Å². The van der Waals surface area contributed by atoms with Gasteiger partial charge in [0.2, 0.25) is 0 Å². The van der Waals surface area contributed by atoms with Crippen molar-refractivity contribution in [3.05, 3.63) is 35.6 Å². The molecule has 0 aliphatic carbocycles. The predicted molar refractivity (Wildman–Crippen MR) is 66.1 cm³/mol. The molecule has 0 saturated carbocycles. The third-order valence-electron chi connectivity index (χ3n) is 2.23. The number of nitrogens with zero attached hydrogens (tertiary/aromatic N) is 2. The lowest BCUT2D eigenvalue weighted by Crippen LogP contribution is -2.00. The molecule has 17 heavy (non-hydrogen) atoms. The Morgan fingerprint density at radius 3 is 2.71 bits per heavy atom. The maximum atomic E-state index is 11.3. The quantitative estimate of drug-likeness (QED) is 0.840. The molecule has 1 aromatic heterocycles. The molecular formula is C10H10ClN3O2S. The summed E-state index contributed by atoms with van der Waals surface area (Å²) in [5, 5.41) is 4.46. The number of sulfone groups is 1. The monoisotopic (exact) mass is 271 g/mol. The standard InChI is InChI=1S/C10H10ClN3O2S/c1-17(15,16)8-5-13-14(6-8)10-4-7(11)2-3-9(10)12/h2-6H,12H2,1H3. The molecule has 2 aromatic rings. The Bertz CT molecular complexity index is 664. The Labute approximate surface area is 104 Å². The SMILES string of the molecule is CS(=O)(=O)c1cnn(-c2cc(Cl)ccc2N)c1. The van der Waals surface area contributed by atoms with Gasteiger partial charge >= 0.3 is 0 Å². The fourth-order valence-electron chi connectivity index (χ4n) is 1.34. The molecule has 0 spiro atoms. The molecule has 0 unspecified atom stereocenters. The van der Waals surface area contributed by atoms with Crippen LogP contribution in [-0.4, -0.2) is 24.5 Å². The van der Waals surface area contributed by atoms with Gasteiger partial charge in [-0.1, -0.05) is 11.6 Å². The highest BCUT2D eigenvalue weighted by molar-refractivity contribution is 7.90. The molecular weight excluding hydrogens is 262 g/mol. The Balaban J connectivity index is 2.55. The van der Waals surface area contributed by atoms with Crippen molar-refractivity contribution in [2.24, 2.45) is 0 Å². The molecule has 0 atom stereocenters. The van der Waals surface area contributed by atoms with E-state index < -0.39 is 9.84 Å². The number of rotatable bonds is 2. The molecule has 1 heterocycles. The van der Waals surface area contributed by atoms with Crippen LogP contribution in [0.4, 0.5) is 5.69 Å². The number of anilines is 1. The van der Waals surface area contributed by atoms with Gasteiger partial charge in [0.05, 0.1) is 17.6 Å². The zero-order valence-electron chi connectivity index (χ0n) is 8.96. The molecule has 0 radical (unpaired) electrons. The lowest BCUT2D eigenvalue weighted by Gasteiger charge is -2.05. The number of hydrogen-bond donors (Lipinski definition) is 1. The van der Waals surface area contributed by atoms with Crippen LogP contribution in [0.15, 0.2) is 35.5 Å². The molecule has 1 aromatic carbocycles. The van der Waals surface area contributed by atoms with E-state index in [9.17, 15) is 8.42 Å². The third kappa shape index (κ3) is 2.42. The number of nitrogen functional groups attached to an aromatic ring is 1. The van der Waals surface area contributed by atoms with Crippen molar-refractivity contribution in [3.8, 4) is 5.69 Å². The van der Waals surface area contributed by atoms with Crippen molar-refractivity contribution in [2.45, 2.75) is 4.90 Å². The number of aromatic nitrogens is 2. The minimum atomic E-state index is -3.27. The predicted octanol–water partition coefficient (Wildman–Crippen LogP) is 1.51.